The third-order valence-corrected chi connectivity index (χ3v) is 4.03. The third-order valence-electron chi connectivity index (χ3n) is 4.03. The highest BCUT2D eigenvalue weighted by atomic mass is 16.3. The van der Waals surface area contributed by atoms with Crippen molar-refractivity contribution in [2.75, 3.05) is 32.7 Å². The van der Waals surface area contributed by atoms with E-state index in [1.165, 1.54) is 12.8 Å². The Morgan fingerprint density at radius 3 is 2.35 bits per heavy atom. The van der Waals surface area contributed by atoms with Crippen molar-refractivity contribution in [1.29, 1.82) is 0 Å². The summed E-state index contributed by atoms with van der Waals surface area (Å²) in [4.78, 5) is 16.3. The van der Waals surface area contributed by atoms with E-state index in [-0.39, 0.29) is 5.91 Å². The average Bonchev–Trinajstić information content (AvgIpc) is 2.78. The van der Waals surface area contributed by atoms with E-state index in [1.807, 2.05) is 11.8 Å². The van der Waals surface area contributed by atoms with E-state index in [0.717, 1.165) is 19.6 Å². The summed E-state index contributed by atoms with van der Waals surface area (Å²) in [6, 6.07) is 0. The molecule has 4 nitrogen and oxygen atoms in total. The van der Waals surface area contributed by atoms with Crippen LogP contribution in [-0.2, 0) is 4.79 Å². The van der Waals surface area contributed by atoms with Crippen molar-refractivity contribution in [3.63, 3.8) is 0 Å². The van der Waals surface area contributed by atoms with Crippen LogP contribution in [0.3, 0.4) is 0 Å². The molecule has 2 aliphatic heterocycles. The molecule has 2 fully saturated rings. The lowest BCUT2D eigenvalue weighted by atomic mass is 9.94. The molecule has 17 heavy (non-hydrogen) atoms. The normalized spacial score (nSPS) is 25.2. The number of carbonyl (C=O) groups is 1. The van der Waals surface area contributed by atoms with Gasteiger partial charge in [-0.15, -0.1) is 0 Å². The van der Waals surface area contributed by atoms with Gasteiger partial charge in [0.25, 0.3) is 0 Å². The molecule has 0 radical (unpaired) electrons. The van der Waals surface area contributed by atoms with Gasteiger partial charge in [-0.3, -0.25) is 4.79 Å². The second kappa shape index (κ2) is 5.36. The van der Waals surface area contributed by atoms with Crippen molar-refractivity contribution in [2.45, 2.75) is 44.6 Å². The Kier molecular flexibility index (Phi) is 4.05. The molecule has 0 aromatic carbocycles. The predicted molar refractivity (Wildman–Crippen MR) is 66.7 cm³/mol. The van der Waals surface area contributed by atoms with Crippen molar-refractivity contribution in [3.8, 4) is 0 Å². The summed E-state index contributed by atoms with van der Waals surface area (Å²) in [5.74, 6) is 0.257. The molecule has 0 aliphatic carbocycles. The third kappa shape index (κ3) is 3.68. The SMILES string of the molecule is CC1(O)CCN(C(=O)CCN2CCCC2)CC1. The molecular weight excluding hydrogens is 216 g/mol. The summed E-state index contributed by atoms with van der Waals surface area (Å²) >= 11 is 0. The molecule has 1 N–H and O–H groups in total. The second-order valence-corrected chi connectivity index (χ2v) is 5.68. The fourth-order valence-electron chi connectivity index (χ4n) is 2.66. The first-order valence-electron chi connectivity index (χ1n) is 6.79. The number of hydrogen-bond donors (Lipinski definition) is 1. The van der Waals surface area contributed by atoms with Crippen molar-refractivity contribution in [2.24, 2.45) is 0 Å². The van der Waals surface area contributed by atoms with Crippen LogP contribution in [-0.4, -0.2) is 59.1 Å². The van der Waals surface area contributed by atoms with E-state index in [0.29, 0.717) is 32.4 Å². The molecule has 0 saturated carbocycles. The van der Waals surface area contributed by atoms with Crippen molar-refractivity contribution in [1.82, 2.24) is 9.80 Å². The van der Waals surface area contributed by atoms with Gasteiger partial charge < -0.3 is 14.9 Å². The number of hydrogen-bond acceptors (Lipinski definition) is 3. The molecule has 2 saturated heterocycles. The van der Waals surface area contributed by atoms with Crippen LogP contribution >= 0.6 is 0 Å². The van der Waals surface area contributed by atoms with Crippen LogP contribution < -0.4 is 0 Å². The molecule has 1 amide bonds. The maximum atomic E-state index is 12.0. The standard InChI is InChI=1S/C13H24N2O2/c1-13(17)5-10-15(11-6-13)12(16)4-9-14-7-2-3-8-14/h17H,2-11H2,1H3. The fourth-order valence-corrected chi connectivity index (χ4v) is 2.66. The summed E-state index contributed by atoms with van der Waals surface area (Å²) in [5, 5.41) is 9.83. The van der Waals surface area contributed by atoms with Gasteiger partial charge in [0.1, 0.15) is 0 Å². The summed E-state index contributed by atoms with van der Waals surface area (Å²) in [5.41, 5.74) is -0.564. The number of carbonyl (C=O) groups excluding carboxylic acids is 1. The summed E-state index contributed by atoms with van der Waals surface area (Å²) < 4.78 is 0. The first kappa shape index (κ1) is 12.8. The molecule has 2 aliphatic rings. The van der Waals surface area contributed by atoms with Gasteiger partial charge in [-0.25, -0.2) is 0 Å². The summed E-state index contributed by atoms with van der Waals surface area (Å²) in [6.07, 6.45) is 4.62. The Morgan fingerprint density at radius 1 is 1.18 bits per heavy atom. The minimum Gasteiger partial charge on any atom is -0.390 e. The van der Waals surface area contributed by atoms with Crippen molar-refractivity contribution >= 4 is 5.91 Å². The number of likely N-dealkylation sites (tertiary alicyclic amines) is 2. The lowest BCUT2D eigenvalue weighted by Crippen LogP contribution is -2.45. The molecule has 0 unspecified atom stereocenters. The molecule has 2 heterocycles. The quantitative estimate of drug-likeness (QED) is 0.795. The number of aliphatic hydroxyl groups is 1. The van der Waals surface area contributed by atoms with Gasteiger partial charge >= 0.3 is 0 Å². The van der Waals surface area contributed by atoms with Crippen LogP contribution in [0.15, 0.2) is 0 Å². The van der Waals surface area contributed by atoms with Crippen LogP contribution in [0.2, 0.25) is 0 Å². The smallest absolute Gasteiger partial charge is 0.223 e. The Labute approximate surface area is 104 Å². The number of amides is 1. The van der Waals surface area contributed by atoms with Gasteiger partial charge in [0.05, 0.1) is 5.60 Å². The number of piperidine rings is 1. The van der Waals surface area contributed by atoms with Crippen LogP contribution in [0, 0.1) is 0 Å². The molecule has 2 rings (SSSR count). The van der Waals surface area contributed by atoms with Gasteiger partial charge in [-0.2, -0.15) is 0 Å². The molecule has 0 atom stereocenters. The molecule has 4 heteroatoms. The van der Waals surface area contributed by atoms with Crippen LogP contribution in [0.5, 0.6) is 0 Å². The largest absolute Gasteiger partial charge is 0.390 e. The summed E-state index contributed by atoms with van der Waals surface area (Å²) in [7, 11) is 0. The number of nitrogens with zero attached hydrogens (tertiary/aromatic N) is 2. The van der Waals surface area contributed by atoms with Gasteiger partial charge in [-0.05, 0) is 45.7 Å². The lowest BCUT2D eigenvalue weighted by Gasteiger charge is -2.36. The van der Waals surface area contributed by atoms with Gasteiger partial charge in [0.2, 0.25) is 5.91 Å². The minimum absolute atomic E-state index is 0.257. The monoisotopic (exact) mass is 240 g/mol. The van der Waals surface area contributed by atoms with E-state index in [9.17, 15) is 9.90 Å². The fraction of sp³-hybridized carbons (Fsp3) is 0.923. The number of rotatable bonds is 3. The van der Waals surface area contributed by atoms with Crippen LogP contribution in [0.1, 0.15) is 39.0 Å². The predicted octanol–water partition coefficient (Wildman–Crippen LogP) is 0.846. The highest BCUT2D eigenvalue weighted by Gasteiger charge is 2.29. The van der Waals surface area contributed by atoms with Gasteiger partial charge in [0.15, 0.2) is 0 Å². The van der Waals surface area contributed by atoms with Gasteiger partial charge in [0, 0.05) is 26.1 Å². The zero-order valence-corrected chi connectivity index (χ0v) is 10.8. The highest BCUT2D eigenvalue weighted by Crippen LogP contribution is 2.21. The zero-order chi connectivity index (χ0) is 12.3. The maximum absolute atomic E-state index is 12.0. The van der Waals surface area contributed by atoms with E-state index in [4.69, 9.17) is 0 Å². The highest BCUT2D eigenvalue weighted by molar-refractivity contribution is 5.76. The average molecular weight is 240 g/mol. The topological polar surface area (TPSA) is 43.8 Å². The van der Waals surface area contributed by atoms with Crippen molar-refractivity contribution < 1.29 is 9.90 Å². The molecule has 0 spiro atoms. The first-order chi connectivity index (χ1) is 8.07. The Balaban J connectivity index is 1.69. The molecule has 0 aromatic rings. The molecular formula is C13H24N2O2. The maximum Gasteiger partial charge on any atom is 0.223 e. The summed E-state index contributed by atoms with van der Waals surface area (Å²) in [6.45, 7) is 6.51. The van der Waals surface area contributed by atoms with Crippen LogP contribution in [0.25, 0.3) is 0 Å². The van der Waals surface area contributed by atoms with E-state index in [2.05, 4.69) is 4.90 Å². The molecule has 0 bridgehead atoms. The van der Waals surface area contributed by atoms with Gasteiger partial charge in [-0.1, -0.05) is 0 Å². The van der Waals surface area contributed by atoms with Crippen molar-refractivity contribution in [3.05, 3.63) is 0 Å². The Hall–Kier alpha value is -0.610. The van der Waals surface area contributed by atoms with E-state index < -0.39 is 5.60 Å². The van der Waals surface area contributed by atoms with E-state index >= 15 is 0 Å². The second-order valence-electron chi connectivity index (χ2n) is 5.68. The zero-order valence-electron chi connectivity index (χ0n) is 10.8. The van der Waals surface area contributed by atoms with Crippen LogP contribution in [0.4, 0.5) is 0 Å². The Morgan fingerprint density at radius 2 is 1.76 bits per heavy atom. The van der Waals surface area contributed by atoms with E-state index in [1.54, 1.807) is 0 Å². The minimum atomic E-state index is -0.564. The Bertz CT molecular complexity index is 263. The first-order valence-corrected chi connectivity index (χ1v) is 6.79. The molecule has 98 valence electrons. The molecule has 0 aromatic heterocycles. The lowest BCUT2D eigenvalue weighted by molar-refractivity contribution is -0.135.